The molecule has 0 saturated carbocycles. The number of aromatic amines is 1. The van der Waals surface area contributed by atoms with E-state index in [9.17, 15) is 19.2 Å². The standard InChI is InChI=1S/C30H25N5O7/c1-18-26-28(32-35(29(26)40)22-6-4-3-5-7-22)34(21-12-14-23(42-2)15-13-21)30(41)27(18)31-19-8-10-20(11-9-19)33(16-24(36)37)17-25(38)39/h3-15,32H,1,16-17H2,2H3,(H,36,37)(H,38,39). The summed E-state index contributed by atoms with van der Waals surface area (Å²) in [6.07, 6.45) is 0. The van der Waals surface area contributed by atoms with Crippen LogP contribution in [0.5, 0.6) is 5.75 Å². The van der Waals surface area contributed by atoms with E-state index in [-0.39, 0.29) is 22.7 Å². The number of aliphatic imine (C=N–C) groups is 1. The molecule has 212 valence electrons. The Morgan fingerprint density at radius 2 is 1.52 bits per heavy atom. The molecule has 5 rings (SSSR count). The smallest absolute Gasteiger partial charge is 0.323 e. The van der Waals surface area contributed by atoms with Crippen LogP contribution in [-0.4, -0.2) is 63.8 Å². The molecule has 3 aromatic carbocycles. The van der Waals surface area contributed by atoms with Gasteiger partial charge in [-0.2, -0.15) is 0 Å². The minimum Gasteiger partial charge on any atom is -0.497 e. The fraction of sp³-hybridized carbons (Fsp3) is 0.100. The van der Waals surface area contributed by atoms with Crippen molar-refractivity contribution in [2.75, 3.05) is 30.0 Å². The summed E-state index contributed by atoms with van der Waals surface area (Å²) in [6.45, 7) is 3.01. The highest BCUT2D eigenvalue weighted by molar-refractivity contribution is 6.61. The number of aliphatic carboxylic acids is 2. The Morgan fingerprint density at radius 3 is 2.10 bits per heavy atom. The number of nitrogens with zero attached hydrogens (tertiary/aromatic N) is 4. The van der Waals surface area contributed by atoms with Gasteiger partial charge < -0.3 is 19.8 Å². The second-order valence-corrected chi connectivity index (χ2v) is 9.25. The van der Waals surface area contributed by atoms with E-state index in [1.54, 1.807) is 48.5 Å². The predicted octanol–water partition coefficient (Wildman–Crippen LogP) is 3.61. The number of hydrogen-bond donors (Lipinski definition) is 3. The number of carboxylic acids is 2. The maximum absolute atomic E-state index is 14.0. The third-order valence-electron chi connectivity index (χ3n) is 6.54. The molecule has 0 radical (unpaired) electrons. The Morgan fingerprint density at radius 1 is 0.905 bits per heavy atom. The first-order valence-corrected chi connectivity index (χ1v) is 12.6. The number of methoxy groups -OCH3 is 1. The normalized spacial score (nSPS) is 13.6. The summed E-state index contributed by atoms with van der Waals surface area (Å²) in [5.41, 5.74) is 1.47. The Kier molecular flexibility index (Phi) is 7.43. The first-order valence-electron chi connectivity index (χ1n) is 12.6. The van der Waals surface area contributed by atoms with Gasteiger partial charge in [-0.15, -0.1) is 0 Å². The van der Waals surface area contributed by atoms with Crippen LogP contribution < -0.4 is 20.1 Å². The number of aromatic nitrogens is 2. The van der Waals surface area contributed by atoms with Gasteiger partial charge in [-0.25, -0.2) is 9.67 Å². The van der Waals surface area contributed by atoms with Gasteiger partial charge in [-0.1, -0.05) is 24.8 Å². The summed E-state index contributed by atoms with van der Waals surface area (Å²) in [5, 5.41) is 21.4. The van der Waals surface area contributed by atoms with E-state index in [1.165, 1.54) is 45.9 Å². The fourth-order valence-corrected chi connectivity index (χ4v) is 4.60. The van der Waals surface area contributed by atoms with E-state index in [1.807, 2.05) is 6.07 Å². The van der Waals surface area contributed by atoms with Crippen molar-refractivity contribution >= 4 is 52.0 Å². The zero-order valence-electron chi connectivity index (χ0n) is 22.4. The molecule has 0 fully saturated rings. The summed E-state index contributed by atoms with van der Waals surface area (Å²) in [7, 11) is 1.53. The highest BCUT2D eigenvalue weighted by Crippen LogP contribution is 2.37. The van der Waals surface area contributed by atoms with Gasteiger partial charge in [0.2, 0.25) is 0 Å². The molecule has 12 heteroatoms. The van der Waals surface area contributed by atoms with E-state index in [0.29, 0.717) is 28.5 Å². The molecule has 0 aliphatic carbocycles. The molecule has 0 unspecified atom stereocenters. The molecule has 0 spiro atoms. The lowest BCUT2D eigenvalue weighted by Crippen LogP contribution is -2.38. The summed E-state index contributed by atoms with van der Waals surface area (Å²) in [6, 6.07) is 21.7. The first-order chi connectivity index (χ1) is 20.2. The summed E-state index contributed by atoms with van der Waals surface area (Å²) < 4.78 is 6.58. The summed E-state index contributed by atoms with van der Waals surface area (Å²) >= 11 is 0. The van der Waals surface area contributed by atoms with Crippen molar-refractivity contribution in [3.8, 4) is 11.4 Å². The summed E-state index contributed by atoms with van der Waals surface area (Å²) in [5.74, 6) is -2.10. The zero-order valence-corrected chi connectivity index (χ0v) is 22.4. The number of ether oxygens (including phenoxy) is 1. The van der Waals surface area contributed by atoms with Crippen molar-refractivity contribution in [1.29, 1.82) is 0 Å². The van der Waals surface area contributed by atoms with Gasteiger partial charge >= 0.3 is 11.9 Å². The van der Waals surface area contributed by atoms with Gasteiger partial charge in [-0.3, -0.25) is 29.2 Å². The molecule has 1 aliphatic rings. The largest absolute Gasteiger partial charge is 0.497 e. The van der Waals surface area contributed by atoms with Gasteiger partial charge in [-0.05, 0) is 60.7 Å². The monoisotopic (exact) mass is 567 g/mol. The predicted molar refractivity (Wildman–Crippen MR) is 157 cm³/mol. The molecule has 1 amide bonds. The van der Waals surface area contributed by atoms with Gasteiger partial charge in [0.15, 0.2) is 0 Å². The second kappa shape index (κ2) is 11.3. The van der Waals surface area contributed by atoms with Crippen molar-refractivity contribution in [3.63, 3.8) is 0 Å². The van der Waals surface area contributed by atoms with Gasteiger partial charge in [0.05, 0.1) is 29.7 Å². The SMILES string of the molecule is C=C1C(=Nc2ccc(N(CC(=O)O)CC(=O)O)cc2)C(=O)N(c2ccc(OC)cc2)c2[nH]n(-c3ccccc3)c(=O)c21. The third-order valence-corrected chi connectivity index (χ3v) is 6.54. The number of carboxylic acid groups (broad SMARTS) is 2. The van der Waals surface area contributed by atoms with Gasteiger partial charge in [0, 0.05) is 11.3 Å². The molecule has 42 heavy (non-hydrogen) atoms. The number of fused-ring (bicyclic) bond motifs is 1. The van der Waals surface area contributed by atoms with Crippen LogP contribution in [0.15, 0.2) is 95.2 Å². The number of amides is 1. The van der Waals surface area contributed by atoms with E-state index < -0.39 is 36.5 Å². The van der Waals surface area contributed by atoms with E-state index in [0.717, 1.165) is 0 Å². The lowest BCUT2D eigenvalue weighted by Gasteiger charge is -2.28. The van der Waals surface area contributed by atoms with Crippen molar-refractivity contribution < 1.29 is 29.3 Å². The van der Waals surface area contributed by atoms with Crippen molar-refractivity contribution in [2.45, 2.75) is 0 Å². The number of hydrogen-bond acceptors (Lipinski definition) is 7. The number of anilines is 3. The van der Waals surface area contributed by atoms with Crippen molar-refractivity contribution in [3.05, 3.63) is 101 Å². The highest BCUT2D eigenvalue weighted by atomic mass is 16.5. The quantitative estimate of drug-likeness (QED) is 0.277. The van der Waals surface area contributed by atoms with E-state index >= 15 is 0 Å². The van der Waals surface area contributed by atoms with E-state index in [2.05, 4.69) is 16.7 Å². The van der Waals surface area contributed by atoms with Crippen molar-refractivity contribution in [1.82, 2.24) is 9.78 Å². The molecule has 0 saturated heterocycles. The van der Waals surface area contributed by atoms with Crippen LogP contribution in [0.4, 0.5) is 22.9 Å². The second-order valence-electron chi connectivity index (χ2n) is 9.25. The Hall–Kier alpha value is -5.91. The Bertz CT molecular complexity index is 1760. The first kappa shape index (κ1) is 27.6. The molecule has 4 aromatic rings. The average Bonchev–Trinajstić information content (AvgIpc) is 3.32. The third kappa shape index (κ3) is 5.28. The molecule has 2 heterocycles. The number of rotatable bonds is 9. The molecule has 1 aromatic heterocycles. The van der Waals surface area contributed by atoms with Gasteiger partial charge in [0.1, 0.15) is 30.4 Å². The number of carbonyl (C=O) groups excluding carboxylic acids is 1. The lowest BCUT2D eigenvalue weighted by molar-refractivity contribution is -0.136. The van der Waals surface area contributed by atoms with E-state index in [4.69, 9.17) is 14.9 Å². The molecule has 1 aliphatic heterocycles. The Balaban J connectivity index is 1.60. The Labute approximate surface area is 239 Å². The van der Waals surface area contributed by atoms with Crippen LogP contribution in [0, 0.1) is 0 Å². The minimum atomic E-state index is -1.19. The maximum atomic E-state index is 14.0. The molecule has 0 atom stereocenters. The van der Waals surface area contributed by atoms with Crippen LogP contribution >= 0.6 is 0 Å². The molecule has 12 nitrogen and oxygen atoms in total. The van der Waals surface area contributed by atoms with Crippen LogP contribution in [0.3, 0.4) is 0 Å². The molecular weight excluding hydrogens is 542 g/mol. The van der Waals surface area contributed by atoms with Crippen LogP contribution in [-0.2, 0) is 14.4 Å². The maximum Gasteiger partial charge on any atom is 0.323 e. The fourth-order valence-electron chi connectivity index (χ4n) is 4.60. The van der Waals surface area contributed by atoms with Crippen LogP contribution in [0.25, 0.3) is 11.3 Å². The zero-order chi connectivity index (χ0) is 30.0. The lowest BCUT2D eigenvalue weighted by atomic mass is 9.98. The number of H-pyrrole nitrogens is 1. The summed E-state index contributed by atoms with van der Waals surface area (Å²) in [4.78, 5) is 57.1. The minimum absolute atomic E-state index is 0.0738. The molecular formula is C30H25N5O7. The number of nitrogens with one attached hydrogen (secondary N) is 1. The van der Waals surface area contributed by atoms with Gasteiger partial charge in [0.25, 0.3) is 11.5 Å². The van der Waals surface area contributed by atoms with Crippen LogP contribution in [0.1, 0.15) is 5.56 Å². The van der Waals surface area contributed by atoms with Crippen molar-refractivity contribution in [2.24, 2.45) is 4.99 Å². The molecule has 3 N–H and O–H groups in total. The number of carbonyl (C=O) groups is 3. The van der Waals surface area contributed by atoms with Crippen LogP contribution in [0.2, 0.25) is 0 Å². The number of para-hydroxylation sites is 1. The topological polar surface area (TPSA) is 158 Å². The average molecular weight is 568 g/mol. The molecule has 0 bridgehead atoms. The highest BCUT2D eigenvalue weighted by Gasteiger charge is 2.38. The number of benzene rings is 3.